The molecular weight excluding hydrogens is 312 g/mol. The summed E-state index contributed by atoms with van der Waals surface area (Å²) in [6.45, 7) is -1.50. The van der Waals surface area contributed by atoms with Crippen LogP contribution in [0, 0.1) is 27.8 Å². The van der Waals surface area contributed by atoms with Crippen molar-refractivity contribution in [3.8, 4) is 0 Å². The molecule has 1 N–H and O–H groups in total. The molecule has 22 heavy (non-hydrogen) atoms. The average molecular weight is 322 g/mol. The van der Waals surface area contributed by atoms with E-state index in [2.05, 4.69) is 0 Å². The number of hydrogen-bond acceptors (Lipinski definition) is 4. The van der Waals surface area contributed by atoms with Crippen molar-refractivity contribution in [2.45, 2.75) is 6.18 Å². The fraction of sp³-hybridized carbons (Fsp3) is 0.417. The summed E-state index contributed by atoms with van der Waals surface area (Å²) >= 11 is 0. The van der Waals surface area contributed by atoms with E-state index in [4.69, 9.17) is 5.11 Å². The summed E-state index contributed by atoms with van der Waals surface area (Å²) in [7, 11) is 0. The van der Waals surface area contributed by atoms with E-state index in [1.165, 1.54) is 0 Å². The van der Waals surface area contributed by atoms with Gasteiger partial charge in [0.1, 0.15) is 0 Å². The molecule has 0 radical (unpaired) electrons. The highest BCUT2D eigenvalue weighted by Gasteiger charge is 2.53. The average Bonchev–Trinajstić information content (AvgIpc) is 2.83. The molecule has 1 aromatic rings. The van der Waals surface area contributed by atoms with Crippen LogP contribution >= 0.6 is 0 Å². The number of benzene rings is 1. The number of nitro groups is 1. The standard InChI is InChI=1S/C12H10F4N2O4/c13-8-2-1-3-9(18(21)22)10(8)17-4-6(11(19)20)7(5-17)12(14,15)16/h1-3,6-7H,4-5H2,(H,19,20)/t6-,7-/m1/s1. The van der Waals surface area contributed by atoms with E-state index >= 15 is 0 Å². The number of rotatable bonds is 3. The third kappa shape index (κ3) is 2.81. The van der Waals surface area contributed by atoms with Crippen LogP contribution in [0.15, 0.2) is 18.2 Å². The molecule has 1 aromatic carbocycles. The van der Waals surface area contributed by atoms with Gasteiger partial charge < -0.3 is 10.0 Å². The van der Waals surface area contributed by atoms with E-state index in [1.807, 2.05) is 0 Å². The quantitative estimate of drug-likeness (QED) is 0.525. The first-order valence-electron chi connectivity index (χ1n) is 6.10. The predicted octanol–water partition coefficient (Wildman–Crippen LogP) is 2.43. The van der Waals surface area contributed by atoms with Gasteiger partial charge in [-0.15, -0.1) is 0 Å². The van der Waals surface area contributed by atoms with Crippen LogP contribution in [0.25, 0.3) is 0 Å². The highest BCUT2D eigenvalue weighted by molar-refractivity contribution is 5.74. The monoisotopic (exact) mass is 322 g/mol. The maximum atomic E-state index is 13.8. The molecule has 0 spiro atoms. The van der Waals surface area contributed by atoms with Crippen molar-refractivity contribution < 1.29 is 32.4 Å². The number of nitro benzene ring substituents is 1. The minimum Gasteiger partial charge on any atom is -0.481 e. The van der Waals surface area contributed by atoms with Gasteiger partial charge in [-0.2, -0.15) is 13.2 Å². The van der Waals surface area contributed by atoms with Gasteiger partial charge in [0.05, 0.1) is 16.8 Å². The largest absolute Gasteiger partial charge is 0.481 e. The topological polar surface area (TPSA) is 83.7 Å². The summed E-state index contributed by atoms with van der Waals surface area (Å²) in [5.74, 6) is -6.77. The van der Waals surface area contributed by atoms with Gasteiger partial charge in [-0.3, -0.25) is 14.9 Å². The van der Waals surface area contributed by atoms with Crippen molar-refractivity contribution in [2.75, 3.05) is 18.0 Å². The number of aliphatic carboxylic acids is 1. The Kier molecular flexibility index (Phi) is 3.94. The van der Waals surface area contributed by atoms with Crippen molar-refractivity contribution in [3.63, 3.8) is 0 Å². The van der Waals surface area contributed by atoms with Gasteiger partial charge in [-0.25, -0.2) is 4.39 Å². The number of nitrogens with zero attached hydrogens (tertiary/aromatic N) is 2. The fourth-order valence-corrected chi connectivity index (χ4v) is 2.53. The Morgan fingerprint density at radius 2 is 2.00 bits per heavy atom. The summed E-state index contributed by atoms with van der Waals surface area (Å²) in [5, 5.41) is 19.8. The van der Waals surface area contributed by atoms with E-state index < -0.39 is 59.2 Å². The Bertz CT molecular complexity index is 620. The molecule has 10 heteroatoms. The molecule has 1 fully saturated rings. The molecule has 2 atom stereocenters. The Hall–Kier alpha value is -2.39. The van der Waals surface area contributed by atoms with Crippen molar-refractivity contribution in [2.24, 2.45) is 11.8 Å². The van der Waals surface area contributed by atoms with Crippen LogP contribution in [0.5, 0.6) is 0 Å². The predicted molar refractivity (Wildman–Crippen MR) is 65.9 cm³/mol. The summed E-state index contributed by atoms with van der Waals surface area (Å²) < 4.78 is 52.5. The maximum absolute atomic E-state index is 13.8. The van der Waals surface area contributed by atoms with Crippen LogP contribution in [-0.4, -0.2) is 35.3 Å². The normalized spacial score (nSPS) is 21.9. The van der Waals surface area contributed by atoms with Crippen LogP contribution in [-0.2, 0) is 4.79 Å². The number of anilines is 1. The molecule has 1 heterocycles. The third-order valence-corrected chi connectivity index (χ3v) is 3.54. The molecule has 120 valence electrons. The first-order valence-corrected chi connectivity index (χ1v) is 6.10. The van der Waals surface area contributed by atoms with Crippen molar-refractivity contribution in [1.29, 1.82) is 0 Å². The number of halogens is 4. The SMILES string of the molecule is O=C(O)[C@@H]1CN(c2c(F)cccc2[N+](=O)[O-])C[C@H]1C(F)(F)F. The smallest absolute Gasteiger partial charge is 0.394 e. The molecule has 0 bridgehead atoms. The molecule has 1 aliphatic heterocycles. The maximum Gasteiger partial charge on any atom is 0.394 e. The molecule has 0 unspecified atom stereocenters. The van der Waals surface area contributed by atoms with Crippen LogP contribution in [0.4, 0.5) is 28.9 Å². The van der Waals surface area contributed by atoms with Gasteiger partial charge in [-0.1, -0.05) is 6.07 Å². The lowest BCUT2D eigenvalue weighted by molar-refractivity contribution is -0.384. The lowest BCUT2D eigenvalue weighted by Crippen LogP contribution is -2.33. The Morgan fingerprint density at radius 1 is 1.36 bits per heavy atom. The highest BCUT2D eigenvalue weighted by Crippen LogP contribution is 2.42. The van der Waals surface area contributed by atoms with Gasteiger partial charge in [0.15, 0.2) is 11.5 Å². The third-order valence-electron chi connectivity index (χ3n) is 3.54. The molecule has 6 nitrogen and oxygen atoms in total. The number of alkyl halides is 3. The second kappa shape index (κ2) is 5.43. The molecule has 1 saturated heterocycles. The molecule has 2 rings (SSSR count). The van der Waals surface area contributed by atoms with Crippen LogP contribution in [0.3, 0.4) is 0 Å². The fourth-order valence-electron chi connectivity index (χ4n) is 2.53. The van der Waals surface area contributed by atoms with E-state index in [-0.39, 0.29) is 0 Å². The summed E-state index contributed by atoms with van der Waals surface area (Å²) in [5.41, 5.74) is -1.32. The lowest BCUT2D eigenvalue weighted by Gasteiger charge is -2.19. The van der Waals surface area contributed by atoms with Crippen LogP contribution < -0.4 is 4.90 Å². The molecular formula is C12H10F4N2O4. The van der Waals surface area contributed by atoms with Crippen molar-refractivity contribution in [1.82, 2.24) is 0 Å². The zero-order valence-electron chi connectivity index (χ0n) is 10.9. The van der Waals surface area contributed by atoms with Crippen LogP contribution in [0.2, 0.25) is 0 Å². The van der Waals surface area contributed by atoms with E-state index in [0.29, 0.717) is 0 Å². The van der Waals surface area contributed by atoms with Gasteiger partial charge in [0.2, 0.25) is 0 Å². The summed E-state index contributed by atoms with van der Waals surface area (Å²) in [4.78, 5) is 21.7. The van der Waals surface area contributed by atoms with E-state index in [9.17, 15) is 32.5 Å². The zero-order chi connectivity index (χ0) is 16.7. The van der Waals surface area contributed by atoms with Gasteiger partial charge in [0, 0.05) is 19.2 Å². The minimum absolute atomic E-state index is 0.620. The number of para-hydroxylation sites is 1. The van der Waals surface area contributed by atoms with Gasteiger partial charge in [0.25, 0.3) is 5.69 Å². The van der Waals surface area contributed by atoms with Crippen molar-refractivity contribution in [3.05, 3.63) is 34.1 Å². The molecule has 0 aromatic heterocycles. The van der Waals surface area contributed by atoms with E-state index in [1.54, 1.807) is 0 Å². The molecule has 0 aliphatic carbocycles. The molecule has 1 aliphatic rings. The molecule has 0 saturated carbocycles. The van der Waals surface area contributed by atoms with Crippen molar-refractivity contribution >= 4 is 17.3 Å². The number of carbonyl (C=O) groups is 1. The number of hydrogen-bond donors (Lipinski definition) is 1. The van der Waals surface area contributed by atoms with Gasteiger partial charge >= 0.3 is 12.1 Å². The Morgan fingerprint density at radius 3 is 2.45 bits per heavy atom. The summed E-state index contributed by atoms with van der Waals surface area (Å²) in [6, 6.07) is 2.89. The minimum atomic E-state index is -4.79. The first kappa shape index (κ1) is 16.0. The van der Waals surface area contributed by atoms with E-state index in [0.717, 1.165) is 23.1 Å². The number of carboxylic acids is 1. The highest BCUT2D eigenvalue weighted by atomic mass is 19.4. The first-order chi connectivity index (χ1) is 10.1. The van der Waals surface area contributed by atoms with Crippen LogP contribution in [0.1, 0.15) is 0 Å². The molecule has 0 amide bonds. The second-order valence-electron chi connectivity index (χ2n) is 4.86. The Labute approximate surface area is 121 Å². The number of carboxylic acid groups (broad SMARTS) is 1. The Balaban J connectivity index is 2.44. The second-order valence-corrected chi connectivity index (χ2v) is 4.86. The lowest BCUT2D eigenvalue weighted by atomic mass is 9.96. The summed E-state index contributed by atoms with van der Waals surface area (Å²) in [6.07, 6.45) is -4.79. The van der Waals surface area contributed by atoms with Gasteiger partial charge in [-0.05, 0) is 6.07 Å². The zero-order valence-corrected chi connectivity index (χ0v) is 10.9.